The summed E-state index contributed by atoms with van der Waals surface area (Å²) >= 11 is 0. The van der Waals surface area contributed by atoms with Crippen molar-refractivity contribution in [3.63, 3.8) is 0 Å². The fourth-order valence-corrected chi connectivity index (χ4v) is 7.09. The molecule has 0 atom stereocenters. The van der Waals surface area contributed by atoms with E-state index in [4.69, 9.17) is 14.7 Å². The number of nitrogens with zero attached hydrogens (tertiary/aromatic N) is 6. The third kappa shape index (κ3) is 5.86. The Labute approximate surface area is 300 Å². The topological polar surface area (TPSA) is 59.3 Å². The van der Waals surface area contributed by atoms with Gasteiger partial charge in [-0.2, -0.15) is 0 Å². The first kappa shape index (κ1) is 32.5. The minimum atomic E-state index is 0.00427. The summed E-state index contributed by atoms with van der Waals surface area (Å²) < 4.78 is 8.88. The van der Waals surface area contributed by atoms with Gasteiger partial charge >= 0.3 is 0 Å². The van der Waals surface area contributed by atoms with Crippen LogP contribution < -0.4 is 14.5 Å². The Morgan fingerprint density at radius 1 is 0.667 bits per heavy atom. The Hall–Kier alpha value is -5.69. The van der Waals surface area contributed by atoms with Crippen LogP contribution in [-0.4, -0.2) is 26.2 Å². The summed E-state index contributed by atoms with van der Waals surface area (Å²) in [6, 6.07) is 31.9. The smallest absolute Gasteiger partial charge is 0.137 e. The molecule has 256 valence electrons. The highest BCUT2D eigenvalue weighted by Crippen LogP contribution is 2.46. The van der Waals surface area contributed by atoms with E-state index in [1.54, 1.807) is 0 Å². The van der Waals surface area contributed by atoms with E-state index in [1.165, 1.54) is 22.1 Å². The Morgan fingerprint density at radius 2 is 1.47 bits per heavy atom. The Morgan fingerprint density at radius 3 is 2.27 bits per heavy atom. The lowest BCUT2D eigenvalue weighted by Crippen LogP contribution is -2.25. The second-order valence-electron chi connectivity index (χ2n) is 15.1. The molecule has 0 radical (unpaired) electrons. The predicted molar refractivity (Wildman–Crippen MR) is 210 cm³/mol. The molecular formula is C44H44N6O. The summed E-state index contributed by atoms with van der Waals surface area (Å²) in [4.78, 5) is 19.0. The molecular weight excluding hydrogens is 629 g/mol. The monoisotopic (exact) mass is 672 g/mol. The van der Waals surface area contributed by atoms with Gasteiger partial charge in [0.2, 0.25) is 0 Å². The van der Waals surface area contributed by atoms with Gasteiger partial charge in [-0.05, 0) is 82.5 Å². The number of pyridine rings is 3. The van der Waals surface area contributed by atoms with Gasteiger partial charge in [-0.1, -0.05) is 78.8 Å². The zero-order valence-corrected chi connectivity index (χ0v) is 30.4. The summed E-state index contributed by atoms with van der Waals surface area (Å²) in [6.07, 6.45) is 7.74. The molecule has 0 bridgehead atoms. The molecule has 1 aliphatic heterocycles. The number of aromatic nitrogens is 4. The molecule has 0 saturated carbocycles. The summed E-state index contributed by atoms with van der Waals surface area (Å²) in [5.74, 6) is 4.15. The van der Waals surface area contributed by atoms with Crippen molar-refractivity contribution in [3.8, 4) is 17.3 Å². The molecule has 5 heterocycles. The fourth-order valence-electron chi connectivity index (χ4n) is 7.09. The third-order valence-corrected chi connectivity index (χ3v) is 9.95. The average Bonchev–Trinajstić information content (AvgIpc) is 3.67. The van der Waals surface area contributed by atoms with Gasteiger partial charge in [0.1, 0.15) is 29.8 Å². The van der Waals surface area contributed by atoms with Gasteiger partial charge in [-0.25, -0.2) is 9.97 Å². The Balaban J connectivity index is 1.15. The van der Waals surface area contributed by atoms with Crippen molar-refractivity contribution in [1.82, 2.24) is 19.5 Å². The van der Waals surface area contributed by atoms with Gasteiger partial charge in [-0.3, -0.25) is 9.55 Å². The van der Waals surface area contributed by atoms with E-state index in [1.807, 2.05) is 30.9 Å². The van der Waals surface area contributed by atoms with Crippen molar-refractivity contribution in [2.75, 3.05) is 16.5 Å². The zero-order valence-electron chi connectivity index (χ0n) is 30.4. The van der Waals surface area contributed by atoms with Crippen molar-refractivity contribution < 1.29 is 4.74 Å². The first-order valence-corrected chi connectivity index (χ1v) is 17.8. The first-order valence-electron chi connectivity index (χ1n) is 17.8. The van der Waals surface area contributed by atoms with E-state index in [2.05, 4.69) is 153 Å². The average molecular weight is 673 g/mol. The molecule has 7 aromatic rings. The number of fused-ring (bicyclic) bond motifs is 4. The van der Waals surface area contributed by atoms with Crippen LogP contribution in [0.5, 0.6) is 11.5 Å². The fraction of sp³-hybridized carbons (Fsp3) is 0.250. The van der Waals surface area contributed by atoms with E-state index in [0.29, 0.717) is 18.5 Å². The lowest BCUT2D eigenvalue weighted by atomic mass is 9.88. The van der Waals surface area contributed by atoms with E-state index < -0.39 is 0 Å². The number of hydrogen-bond donors (Lipinski definition) is 0. The van der Waals surface area contributed by atoms with Crippen LogP contribution in [0.15, 0.2) is 116 Å². The lowest BCUT2D eigenvalue weighted by molar-refractivity contribution is 0.483. The van der Waals surface area contributed by atoms with Gasteiger partial charge in [0.25, 0.3) is 0 Å². The molecule has 7 nitrogen and oxygen atoms in total. The van der Waals surface area contributed by atoms with Crippen molar-refractivity contribution in [2.45, 2.75) is 65.7 Å². The number of ether oxygens (including phenoxy) is 1. The molecule has 0 saturated heterocycles. The second kappa shape index (κ2) is 12.6. The predicted octanol–water partition coefficient (Wildman–Crippen LogP) is 11.6. The number of benzene rings is 3. The zero-order chi connectivity index (χ0) is 35.4. The molecule has 51 heavy (non-hydrogen) atoms. The second-order valence-corrected chi connectivity index (χ2v) is 15.1. The third-order valence-electron chi connectivity index (χ3n) is 9.95. The lowest BCUT2D eigenvalue weighted by Gasteiger charge is -2.25. The van der Waals surface area contributed by atoms with E-state index in [9.17, 15) is 0 Å². The number of rotatable bonds is 7. The largest absolute Gasteiger partial charge is 0.457 e. The van der Waals surface area contributed by atoms with Crippen molar-refractivity contribution in [2.24, 2.45) is 0 Å². The Kier molecular flexibility index (Phi) is 8.01. The maximum absolute atomic E-state index is 6.64. The summed E-state index contributed by atoms with van der Waals surface area (Å²) in [5.41, 5.74) is 9.06. The summed E-state index contributed by atoms with van der Waals surface area (Å²) in [5, 5.41) is 2.34. The molecule has 0 amide bonds. The van der Waals surface area contributed by atoms with Crippen LogP contribution in [-0.2, 0) is 5.41 Å². The normalized spacial score (nSPS) is 13.2. The molecule has 7 heteroatoms. The van der Waals surface area contributed by atoms with Crippen molar-refractivity contribution in [1.29, 1.82) is 0 Å². The van der Waals surface area contributed by atoms with E-state index >= 15 is 0 Å². The van der Waals surface area contributed by atoms with Crippen LogP contribution >= 0.6 is 0 Å². The van der Waals surface area contributed by atoms with Crippen LogP contribution in [0.1, 0.15) is 77.0 Å². The van der Waals surface area contributed by atoms with E-state index in [0.717, 1.165) is 56.6 Å². The maximum atomic E-state index is 6.64. The van der Waals surface area contributed by atoms with Gasteiger partial charge in [0, 0.05) is 47.2 Å². The van der Waals surface area contributed by atoms with Gasteiger partial charge in [0.15, 0.2) is 0 Å². The Bertz CT molecular complexity index is 2400. The maximum Gasteiger partial charge on any atom is 0.137 e. The van der Waals surface area contributed by atoms with Gasteiger partial charge < -0.3 is 14.5 Å². The molecule has 0 unspecified atom stereocenters. The molecule has 1 aliphatic rings. The standard InChI is InChI=1S/C44H44N6O/c1-28(2)30-21-37(29(3)4)43(47-25-30)49-27-48(41-26-45-19-18-39(41)49)32-11-10-12-33(23-32)51-34-15-16-36-35-13-8-9-14-38(35)50(40(36)24-34)42-22-31(17-20-46-42)44(5,6)7/h8-26,28-29H,27H2,1-7H3. The minimum absolute atomic E-state index is 0.00427. The van der Waals surface area contributed by atoms with Crippen molar-refractivity contribution >= 4 is 44.7 Å². The molecule has 0 N–H and O–H groups in total. The van der Waals surface area contributed by atoms with Crippen LogP contribution in [0.3, 0.4) is 0 Å². The van der Waals surface area contributed by atoms with Gasteiger partial charge in [-0.15, -0.1) is 0 Å². The highest BCUT2D eigenvalue weighted by Gasteiger charge is 2.31. The molecule has 8 rings (SSSR count). The molecule has 0 spiro atoms. The number of hydrogen-bond acceptors (Lipinski definition) is 6. The van der Waals surface area contributed by atoms with Crippen LogP contribution in [0, 0.1) is 0 Å². The molecule has 4 aromatic heterocycles. The number of anilines is 4. The molecule has 0 fully saturated rings. The molecule has 3 aromatic carbocycles. The van der Waals surface area contributed by atoms with Crippen LogP contribution in [0.25, 0.3) is 27.6 Å². The van der Waals surface area contributed by atoms with E-state index in [-0.39, 0.29) is 5.41 Å². The summed E-state index contributed by atoms with van der Waals surface area (Å²) in [7, 11) is 0. The SMILES string of the molecule is CC(C)c1cnc(N2CN(c3cccc(Oc4ccc5c6ccccc6n(-c6cc(C(C)(C)C)ccn6)c5c4)c3)c3cnccc32)c(C(C)C)c1. The number of para-hydroxylation sites is 1. The van der Waals surface area contributed by atoms with Gasteiger partial charge in [0.05, 0.1) is 28.6 Å². The quantitative estimate of drug-likeness (QED) is 0.168. The first-order chi connectivity index (χ1) is 24.6. The molecule has 0 aliphatic carbocycles. The highest BCUT2D eigenvalue weighted by molar-refractivity contribution is 6.09. The summed E-state index contributed by atoms with van der Waals surface area (Å²) in [6.45, 7) is 16.2. The minimum Gasteiger partial charge on any atom is -0.457 e. The highest BCUT2D eigenvalue weighted by atomic mass is 16.5. The van der Waals surface area contributed by atoms with Crippen LogP contribution in [0.2, 0.25) is 0 Å². The van der Waals surface area contributed by atoms with Crippen molar-refractivity contribution in [3.05, 3.63) is 132 Å². The van der Waals surface area contributed by atoms with Crippen LogP contribution in [0.4, 0.5) is 22.9 Å².